The standard InChI is InChI=1S/C16H17NO2S/c18-15(12-8-9-20-10-12)17-11-16(19,14-6-7-14)13-4-2-1-3-5-13/h1-5,8-10,14,19H,6-7,11H2,(H,17,18)/t16-/m1/s1. The molecule has 2 aromatic rings. The van der Waals surface area contributed by atoms with Crippen LogP contribution >= 0.6 is 11.3 Å². The summed E-state index contributed by atoms with van der Waals surface area (Å²) in [6.07, 6.45) is 2.03. The molecule has 3 rings (SSSR count). The Balaban J connectivity index is 1.74. The number of thiophene rings is 1. The summed E-state index contributed by atoms with van der Waals surface area (Å²) in [4.78, 5) is 12.0. The van der Waals surface area contributed by atoms with Gasteiger partial charge in [-0.05, 0) is 35.8 Å². The summed E-state index contributed by atoms with van der Waals surface area (Å²) in [5.41, 5.74) is 0.585. The molecule has 0 radical (unpaired) electrons. The third-order valence-electron chi connectivity index (χ3n) is 3.83. The van der Waals surface area contributed by atoms with Crippen LogP contribution in [-0.2, 0) is 5.60 Å². The normalized spacial score (nSPS) is 17.4. The van der Waals surface area contributed by atoms with E-state index in [1.54, 1.807) is 6.07 Å². The van der Waals surface area contributed by atoms with Crippen molar-refractivity contribution < 1.29 is 9.90 Å². The van der Waals surface area contributed by atoms with E-state index in [9.17, 15) is 9.90 Å². The largest absolute Gasteiger partial charge is 0.383 e. The molecule has 1 fully saturated rings. The highest BCUT2D eigenvalue weighted by Gasteiger charge is 2.45. The summed E-state index contributed by atoms with van der Waals surface area (Å²) in [5, 5.41) is 17.5. The van der Waals surface area contributed by atoms with Crippen LogP contribution in [0.5, 0.6) is 0 Å². The topological polar surface area (TPSA) is 49.3 Å². The molecule has 0 saturated heterocycles. The summed E-state index contributed by atoms with van der Waals surface area (Å²) in [6.45, 7) is 0.260. The Morgan fingerprint density at radius 2 is 2.05 bits per heavy atom. The summed E-state index contributed by atoms with van der Waals surface area (Å²) < 4.78 is 0. The molecule has 1 aliphatic rings. The average molecular weight is 287 g/mol. The SMILES string of the molecule is O=C(NC[C@@](O)(c1ccccc1)C1CC1)c1ccsc1. The number of nitrogens with one attached hydrogen (secondary N) is 1. The van der Waals surface area contributed by atoms with Gasteiger partial charge < -0.3 is 10.4 Å². The molecule has 104 valence electrons. The predicted octanol–water partition coefficient (Wildman–Crippen LogP) is 2.78. The van der Waals surface area contributed by atoms with Crippen LogP contribution in [-0.4, -0.2) is 17.6 Å². The van der Waals surface area contributed by atoms with Crippen LogP contribution in [0.3, 0.4) is 0 Å². The highest BCUT2D eigenvalue weighted by atomic mass is 32.1. The molecule has 1 aliphatic carbocycles. The quantitative estimate of drug-likeness (QED) is 0.888. The predicted molar refractivity (Wildman–Crippen MR) is 79.7 cm³/mol. The lowest BCUT2D eigenvalue weighted by Gasteiger charge is -2.29. The number of carbonyl (C=O) groups is 1. The van der Waals surface area contributed by atoms with E-state index in [-0.39, 0.29) is 18.4 Å². The van der Waals surface area contributed by atoms with Crippen molar-refractivity contribution in [1.82, 2.24) is 5.32 Å². The van der Waals surface area contributed by atoms with Gasteiger partial charge in [0.2, 0.25) is 0 Å². The monoisotopic (exact) mass is 287 g/mol. The molecule has 0 spiro atoms. The molecule has 1 saturated carbocycles. The molecule has 1 atom stereocenters. The third kappa shape index (κ3) is 2.62. The third-order valence-corrected chi connectivity index (χ3v) is 4.51. The molecule has 1 aromatic heterocycles. The van der Waals surface area contributed by atoms with Crippen molar-refractivity contribution in [1.29, 1.82) is 0 Å². The Bertz CT molecular complexity index is 578. The van der Waals surface area contributed by atoms with Crippen LogP contribution in [0.4, 0.5) is 0 Å². The molecule has 0 aliphatic heterocycles. The number of aliphatic hydroxyl groups is 1. The second-order valence-corrected chi connectivity index (χ2v) is 6.04. The molecular formula is C16H17NO2S. The van der Waals surface area contributed by atoms with Crippen molar-refractivity contribution in [2.75, 3.05) is 6.54 Å². The van der Waals surface area contributed by atoms with Crippen LogP contribution in [0.15, 0.2) is 47.2 Å². The molecule has 20 heavy (non-hydrogen) atoms. The van der Waals surface area contributed by atoms with Crippen LogP contribution in [0.1, 0.15) is 28.8 Å². The molecular weight excluding hydrogens is 270 g/mol. The molecule has 1 heterocycles. The first-order valence-electron chi connectivity index (χ1n) is 6.78. The van der Waals surface area contributed by atoms with Gasteiger partial charge in [-0.2, -0.15) is 11.3 Å². The molecule has 0 bridgehead atoms. The Labute approximate surface area is 122 Å². The van der Waals surface area contributed by atoms with Crippen molar-refractivity contribution in [3.63, 3.8) is 0 Å². The highest BCUT2D eigenvalue weighted by Crippen LogP contribution is 2.45. The Morgan fingerprint density at radius 1 is 1.30 bits per heavy atom. The van der Waals surface area contributed by atoms with E-state index in [0.29, 0.717) is 5.56 Å². The molecule has 3 nitrogen and oxygen atoms in total. The van der Waals surface area contributed by atoms with E-state index in [0.717, 1.165) is 18.4 Å². The smallest absolute Gasteiger partial charge is 0.252 e. The average Bonchev–Trinajstić information content (AvgIpc) is 3.21. The minimum atomic E-state index is -0.951. The van der Waals surface area contributed by atoms with Gasteiger partial charge in [-0.25, -0.2) is 0 Å². The minimum absolute atomic E-state index is 0.124. The molecule has 1 amide bonds. The van der Waals surface area contributed by atoms with Crippen LogP contribution < -0.4 is 5.32 Å². The highest BCUT2D eigenvalue weighted by molar-refractivity contribution is 7.08. The van der Waals surface area contributed by atoms with E-state index >= 15 is 0 Å². The maximum Gasteiger partial charge on any atom is 0.252 e. The molecule has 0 unspecified atom stereocenters. The van der Waals surface area contributed by atoms with Gasteiger partial charge in [0.15, 0.2) is 0 Å². The molecule has 4 heteroatoms. The van der Waals surface area contributed by atoms with Gasteiger partial charge in [0.25, 0.3) is 5.91 Å². The van der Waals surface area contributed by atoms with Crippen molar-refractivity contribution >= 4 is 17.2 Å². The van der Waals surface area contributed by atoms with Gasteiger partial charge >= 0.3 is 0 Å². The van der Waals surface area contributed by atoms with Crippen molar-refractivity contribution in [3.05, 3.63) is 58.3 Å². The van der Waals surface area contributed by atoms with Gasteiger partial charge in [0.05, 0.1) is 6.54 Å². The minimum Gasteiger partial charge on any atom is -0.383 e. The molecule has 1 aromatic carbocycles. The fourth-order valence-electron chi connectivity index (χ4n) is 2.48. The lowest BCUT2D eigenvalue weighted by Crippen LogP contribution is -2.42. The van der Waals surface area contributed by atoms with Gasteiger partial charge in [-0.3, -0.25) is 4.79 Å². The first kappa shape index (κ1) is 13.3. The summed E-state index contributed by atoms with van der Waals surface area (Å²) in [6, 6.07) is 11.4. The summed E-state index contributed by atoms with van der Waals surface area (Å²) >= 11 is 1.49. The van der Waals surface area contributed by atoms with Crippen molar-refractivity contribution in [3.8, 4) is 0 Å². The zero-order valence-electron chi connectivity index (χ0n) is 11.1. The van der Waals surface area contributed by atoms with E-state index in [4.69, 9.17) is 0 Å². The number of benzene rings is 1. The van der Waals surface area contributed by atoms with E-state index in [1.165, 1.54) is 11.3 Å². The second-order valence-electron chi connectivity index (χ2n) is 5.26. The molecule has 2 N–H and O–H groups in total. The number of hydrogen-bond donors (Lipinski definition) is 2. The number of hydrogen-bond acceptors (Lipinski definition) is 3. The van der Waals surface area contributed by atoms with Gasteiger partial charge in [0.1, 0.15) is 5.60 Å². The fourth-order valence-corrected chi connectivity index (χ4v) is 3.12. The summed E-state index contributed by atoms with van der Waals surface area (Å²) in [7, 11) is 0. The second kappa shape index (κ2) is 5.38. The van der Waals surface area contributed by atoms with E-state index < -0.39 is 5.60 Å². The zero-order valence-corrected chi connectivity index (χ0v) is 11.9. The Morgan fingerprint density at radius 3 is 2.65 bits per heavy atom. The van der Waals surface area contributed by atoms with E-state index in [2.05, 4.69) is 5.32 Å². The van der Waals surface area contributed by atoms with E-state index in [1.807, 2.05) is 41.1 Å². The number of carbonyl (C=O) groups excluding carboxylic acids is 1. The van der Waals surface area contributed by atoms with Crippen molar-refractivity contribution in [2.24, 2.45) is 5.92 Å². The van der Waals surface area contributed by atoms with Crippen LogP contribution in [0.25, 0.3) is 0 Å². The van der Waals surface area contributed by atoms with Crippen molar-refractivity contribution in [2.45, 2.75) is 18.4 Å². The van der Waals surface area contributed by atoms with Crippen LogP contribution in [0.2, 0.25) is 0 Å². The van der Waals surface area contributed by atoms with Gasteiger partial charge in [0, 0.05) is 10.9 Å². The summed E-state index contributed by atoms with van der Waals surface area (Å²) in [5.74, 6) is 0.119. The van der Waals surface area contributed by atoms with Gasteiger partial charge in [-0.1, -0.05) is 30.3 Å². The lowest BCUT2D eigenvalue weighted by atomic mass is 9.88. The first-order valence-corrected chi connectivity index (χ1v) is 7.73. The lowest BCUT2D eigenvalue weighted by molar-refractivity contribution is 0.0135. The maximum absolute atomic E-state index is 12.0. The Hall–Kier alpha value is -1.65. The van der Waals surface area contributed by atoms with Crippen LogP contribution in [0, 0.1) is 5.92 Å². The van der Waals surface area contributed by atoms with Gasteiger partial charge in [-0.15, -0.1) is 0 Å². The Kier molecular flexibility index (Phi) is 3.59. The maximum atomic E-state index is 12.0. The fraction of sp³-hybridized carbons (Fsp3) is 0.312. The first-order chi connectivity index (χ1) is 9.70. The number of amides is 1. The number of rotatable bonds is 5. The zero-order chi connectivity index (χ0) is 14.0.